The second-order valence-electron chi connectivity index (χ2n) is 3.57. The first-order valence-electron chi connectivity index (χ1n) is 5.23. The normalized spacial score (nSPS) is 10.4. The van der Waals surface area contributed by atoms with Crippen LogP contribution in [0.1, 0.15) is 5.82 Å². The minimum Gasteiger partial charge on any atom is -0.382 e. The molecule has 0 aliphatic heterocycles. The van der Waals surface area contributed by atoms with E-state index in [1.54, 1.807) is 0 Å². The molecule has 0 spiro atoms. The lowest BCUT2D eigenvalue weighted by Crippen LogP contribution is -2.11. The van der Waals surface area contributed by atoms with Gasteiger partial charge in [0.15, 0.2) is 0 Å². The van der Waals surface area contributed by atoms with E-state index in [9.17, 15) is 0 Å². The molecule has 1 N–H and O–H groups in total. The highest BCUT2D eigenvalue weighted by Gasteiger charge is 1.98. The Balaban J connectivity index is 1.89. The molecule has 1 heterocycles. The van der Waals surface area contributed by atoms with Crippen LogP contribution in [0.15, 0.2) is 36.7 Å². The molecule has 0 aliphatic rings. The minimum atomic E-state index is 0.914. The molecule has 84 valence electrons. The molecule has 0 saturated heterocycles. The molecule has 0 aliphatic carbocycles. The highest BCUT2D eigenvalue weighted by Crippen LogP contribution is 2.16. The van der Waals surface area contributed by atoms with Crippen molar-refractivity contribution in [2.45, 2.75) is 13.5 Å². The van der Waals surface area contributed by atoms with Crippen molar-refractivity contribution in [3.63, 3.8) is 0 Å². The molecule has 2 rings (SSSR count). The van der Waals surface area contributed by atoms with Gasteiger partial charge in [0, 0.05) is 34.7 Å². The Bertz CT molecular complexity index is 465. The predicted octanol–water partition coefficient (Wildman–Crippen LogP) is 2.91. The third-order valence-corrected chi connectivity index (χ3v) is 3.41. The van der Waals surface area contributed by atoms with Gasteiger partial charge in [-0.15, -0.1) is 0 Å². The zero-order chi connectivity index (χ0) is 11.4. The highest BCUT2D eigenvalue weighted by atomic mass is 127. The number of anilines is 1. The number of hydrogen-bond acceptors (Lipinski definition) is 2. The van der Waals surface area contributed by atoms with Crippen molar-refractivity contribution in [3.05, 3.63) is 46.1 Å². The Morgan fingerprint density at radius 2 is 2.19 bits per heavy atom. The highest BCUT2D eigenvalue weighted by molar-refractivity contribution is 14.1. The fourth-order valence-corrected chi connectivity index (χ4v) is 2.13. The molecule has 0 amide bonds. The fraction of sp³-hybridized carbons (Fsp3) is 0.250. The van der Waals surface area contributed by atoms with Gasteiger partial charge in [0.05, 0.1) is 0 Å². The Morgan fingerprint density at radius 3 is 2.88 bits per heavy atom. The van der Waals surface area contributed by atoms with E-state index in [1.165, 1.54) is 9.26 Å². The van der Waals surface area contributed by atoms with Crippen molar-refractivity contribution in [2.24, 2.45) is 0 Å². The second kappa shape index (κ2) is 5.34. The van der Waals surface area contributed by atoms with E-state index in [2.05, 4.69) is 49.6 Å². The number of para-hydroxylation sites is 1. The van der Waals surface area contributed by atoms with Crippen LogP contribution in [0, 0.1) is 10.5 Å². The molecule has 16 heavy (non-hydrogen) atoms. The number of rotatable bonds is 4. The fourth-order valence-electron chi connectivity index (χ4n) is 1.56. The summed E-state index contributed by atoms with van der Waals surface area (Å²) >= 11 is 2.34. The van der Waals surface area contributed by atoms with Gasteiger partial charge in [-0.3, -0.25) is 0 Å². The first-order chi connectivity index (χ1) is 7.77. The lowest BCUT2D eigenvalue weighted by atomic mass is 10.3. The summed E-state index contributed by atoms with van der Waals surface area (Å²) in [6.45, 7) is 3.88. The van der Waals surface area contributed by atoms with Gasteiger partial charge in [-0.25, -0.2) is 4.98 Å². The predicted molar refractivity (Wildman–Crippen MR) is 74.6 cm³/mol. The van der Waals surface area contributed by atoms with Crippen LogP contribution in [0.5, 0.6) is 0 Å². The van der Waals surface area contributed by atoms with E-state index in [0.29, 0.717) is 0 Å². The summed E-state index contributed by atoms with van der Waals surface area (Å²) in [5.41, 5.74) is 1.20. The SMILES string of the molecule is Cc1nccn1CCNc1ccccc1I. The molecule has 0 radical (unpaired) electrons. The average molecular weight is 327 g/mol. The van der Waals surface area contributed by atoms with Crippen molar-refractivity contribution in [2.75, 3.05) is 11.9 Å². The van der Waals surface area contributed by atoms with Gasteiger partial charge in [0.2, 0.25) is 0 Å². The largest absolute Gasteiger partial charge is 0.382 e. The molecule has 0 fully saturated rings. The number of aromatic nitrogens is 2. The molecule has 0 bridgehead atoms. The molecule has 0 saturated carbocycles. The molecule has 2 aromatic rings. The van der Waals surface area contributed by atoms with Gasteiger partial charge in [0.25, 0.3) is 0 Å². The molecule has 0 unspecified atom stereocenters. The molecule has 1 aromatic heterocycles. The lowest BCUT2D eigenvalue weighted by Gasteiger charge is -2.09. The van der Waals surface area contributed by atoms with E-state index >= 15 is 0 Å². The summed E-state index contributed by atoms with van der Waals surface area (Å²) in [4.78, 5) is 4.19. The smallest absolute Gasteiger partial charge is 0.105 e. The second-order valence-corrected chi connectivity index (χ2v) is 4.74. The van der Waals surface area contributed by atoms with E-state index in [0.717, 1.165) is 18.9 Å². The summed E-state index contributed by atoms with van der Waals surface area (Å²) in [5, 5.41) is 3.42. The van der Waals surface area contributed by atoms with Crippen molar-refractivity contribution in [3.8, 4) is 0 Å². The van der Waals surface area contributed by atoms with Gasteiger partial charge in [-0.1, -0.05) is 12.1 Å². The minimum absolute atomic E-state index is 0.914. The third-order valence-electron chi connectivity index (χ3n) is 2.47. The van der Waals surface area contributed by atoms with Crippen LogP contribution in [0.4, 0.5) is 5.69 Å². The summed E-state index contributed by atoms with van der Waals surface area (Å²) in [7, 11) is 0. The van der Waals surface area contributed by atoms with Gasteiger partial charge in [-0.05, 0) is 41.6 Å². The molecule has 3 nitrogen and oxygen atoms in total. The summed E-state index contributed by atoms with van der Waals surface area (Å²) in [6, 6.07) is 8.30. The average Bonchev–Trinajstić information content (AvgIpc) is 2.67. The number of halogens is 1. The number of benzene rings is 1. The Kier molecular flexibility index (Phi) is 3.82. The summed E-state index contributed by atoms with van der Waals surface area (Å²) < 4.78 is 3.39. The topological polar surface area (TPSA) is 29.9 Å². The van der Waals surface area contributed by atoms with E-state index in [-0.39, 0.29) is 0 Å². The van der Waals surface area contributed by atoms with Crippen LogP contribution in [0.3, 0.4) is 0 Å². The maximum atomic E-state index is 4.19. The zero-order valence-electron chi connectivity index (χ0n) is 9.15. The van der Waals surface area contributed by atoms with Crippen molar-refractivity contribution >= 4 is 28.3 Å². The Labute approximate surface area is 109 Å². The summed E-state index contributed by atoms with van der Waals surface area (Å²) in [6.07, 6.45) is 3.84. The Morgan fingerprint density at radius 1 is 1.38 bits per heavy atom. The van der Waals surface area contributed by atoms with Crippen LogP contribution in [-0.4, -0.2) is 16.1 Å². The molecule has 1 aromatic carbocycles. The van der Waals surface area contributed by atoms with Gasteiger partial charge in [-0.2, -0.15) is 0 Å². The van der Waals surface area contributed by atoms with Crippen LogP contribution in [0.2, 0.25) is 0 Å². The third kappa shape index (κ3) is 2.75. The number of imidazole rings is 1. The van der Waals surface area contributed by atoms with Crippen LogP contribution < -0.4 is 5.32 Å². The van der Waals surface area contributed by atoms with E-state index < -0.39 is 0 Å². The van der Waals surface area contributed by atoms with Crippen LogP contribution in [-0.2, 0) is 6.54 Å². The number of nitrogens with one attached hydrogen (secondary N) is 1. The zero-order valence-corrected chi connectivity index (χ0v) is 11.3. The van der Waals surface area contributed by atoms with Crippen LogP contribution >= 0.6 is 22.6 Å². The molecule has 4 heteroatoms. The number of hydrogen-bond donors (Lipinski definition) is 1. The molecular weight excluding hydrogens is 313 g/mol. The first kappa shape index (κ1) is 11.4. The molecular formula is C12H14IN3. The lowest BCUT2D eigenvalue weighted by molar-refractivity contribution is 0.701. The number of nitrogens with zero attached hydrogens (tertiary/aromatic N) is 2. The molecule has 0 atom stereocenters. The maximum Gasteiger partial charge on any atom is 0.105 e. The number of aryl methyl sites for hydroxylation is 1. The maximum absolute atomic E-state index is 4.19. The summed E-state index contributed by atoms with van der Waals surface area (Å²) in [5.74, 6) is 1.06. The van der Waals surface area contributed by atoms with Gasteiger partial charge in [0.1, 0.15) is 5.82 Å². The monoisotopic (exact) mass is 327 g/mol. The quantitative estimate of drug-likeness (QED) is 0.875. The Hall–Kier alpha value is -1.04. The van der Waals surface area contributed by atoms with E-state index in [1.807, 2.05) is 31.5 Å². The van der Waals surface area contributed by atoms with Gasteiger partial charge < -0.3 is 9.88 Å². The standard InChI is InChI=1S/C12H14IN3/c1-10-14-6-8-16(10)9-7-15-12-5-3-2-4-11(12)13/h2-6,8,15H,7,9H2,1H3. The van der Waals surface area contributed by atoms with Crippen molar-refractivity contribution in [1.82, 2.24) is 9.55 Å². The van der Waals surface area contributed by atoms with Crippen molar-refractivity contribution < 1.29 is 0 Å². The van der Waals surface area contributed by atoms with Crippen LogP contribution in [0.25, 0.3) is 0 Å². The van der Waals surface area contributed by atoms with Crippen molar-refractivity contribution in [1.29, 1.82) is 0 Å². The first-order valence-corrected chi connectivity index (χ1v) is 6.31. The van der Waals surface area contributed by atoms with E-state index in [4.69, 9.17) is 0 Å². The van der Waals surface area contributed by atoms with Gasteiger partial charge >= 0.3 is 0 Å².